The van der Waals surface area contributed by atoms with Gasteiger partial charge in [-0.1, -0.05) is 25.3 Å². The van der Waals surface area contributed by atoms with Crippen molar-refractivity contribution in [3.05, 3.63) is 22.2 Å². The maximum atomic E-state index is 3.81. The van der Waals surface area contributed by atoms with Crippen LogP contribution in [0.2, 0.25) is 0 Å². The van der Waals surface area contributed by atoms with Crippen LogP contribution in [-0.2, 0) is 0 Å². The average Bonchev–Trinajstić information content (AvgIpc) is 2.10. The van der Waals surface area contributed by atoms with Crippen LogP contribution in [0.5, 0.6) is 0 Å². The molecule has 1 heterocycles. The summed E-state index contributed by atoms with van der Waals surface area (Å²) in [4.78, 5) is 1.42. The quantitative estimate of drug-likeness (QED) is 0.602. The van der Waals surface area contributed by atoms with Gasteiger partial charge in [0.2, 0.25) is 0 Å². The Morgan fingerprint density at radius 3 is 2.56 bits per heavy atom. The molecule has 1 aliphatic heterocycles. The van der Waals surface area contributed by atoms with E-state index in [1.165, 1.54) is 10.6 Å². The van der Waals surface area contributed by atoms with E-state index in [1.807, 2.05) is 0 Å². The van der Waals surface area contributed by atoms with Crippen molar-refractivity contribution in [3.8, 4) is 0 Å². The van der Waals surface area contributed by atoms with Crippen LogP contribution in [0.4, 0.5) is 0 Å². The summed E-state index contributed by atoms with van der Waals surface area (Å²) in [7, 11) is 0. The zero-order valence-corrected chi connectivity index (χ0v) is 6.64. The van der Waals surface area contributed by atoms with E-state index >= 15 is 0 Å². The molecule has 1 rings (SSSR count). The summed E-state index contributed by atoms with van der Waals surface area (Å²) in [5.74, 6) is 0. The summed E-state index contributed by atoms with van der Waals surface area (Å²) >= 11 is 1.75. The zero-order chi connectivity index (χ0) is 6.85. The Labute approximate surface area is 60.2 Å². The van der Waals surface area contributed by atoms with Crippen LogP contribution < -0.4 is 5.32 Å². The van der Waals surface area contributed by atoms with Gasteiger partial charge in [0.25, 0.3) is 0 Å². The molecule has 0 aromatic heterocycles. The van der Waals surface area contributed by atoms with Crippen molar-refractivity contribution in [2.24, 2.45) is 0 Å². The molecule has 2 heteroatoms. The highest BCUT2D eigenvalue weighted by Gasteiger charge is 2.11. The van der Waals surface area contributed by atoms with Gasteiger partial charge in [0.1, 0.15) is 0 Å². The van der Waals surface area contributed by atoms with Gasteiger partial charge in [-0.25, -0.2) is 0 Å². The number of nitrogens with one attached hydrogen (secondary N) is 1. The molecule has 1 N–H and O–H groups in total. The van der Waals surface area contributed by atoms with Gasteiger partial charge < -0.3 is 5.32 Å². The largest absolute Gasteiger partial charge is 0.353 e. The Balaban J connectivity index is 2.69. The summed E-state index contributed by atoms with van der Waals surface area (Å²) in [5, 5.41) is 4.23. The summed E-state index contributed by atoms with van der Waals surface area (Å²) in [5.41, 5.74) is 1.27. The highest BCUT2D eigenvalue weighted by Crippen LogP contribution is 2.33. The van der Waals surface area contributed by atoms with Gasteiger partial charge in [0.05, 0.1) is 5.03 Å². The predicted octanol–water partition coefficient (Wildman–Crippen LogP) is 2.44. The van der Waals surface area contributed by atoms with Crippen molar-refractivity contribution in [2.45, 2.75) is 20.3 Å². The van der Waals surface area contributed by atoms with E-state index in [1.54, 1.807) is 11.8 Å². The lowest BCUT2D eigenvalue weighted by atomic mass is 10.3. The highest BCUT2D eigenvalue weighted by atomic mass is 32.2. The standard InChI is InChI=1S/C7H11NS/c1-4-7-5(2)8-6(3)9-7/h8H,3-4H2,1-2H3. The van der Waals surface area contributed by atoms with Crippen LogP contribution in [0.3, 0.4) is 0 Å². The number of hydrogen-bond acceptors (Lipinski definition) is 2. The third-order valence-corrected chi connectivity index (χ3v) is 2.50. The molecule has 0 amide bonds. The predicted molar refractivity (Wildman–Crippen MR) is 42.9 cm³/mol. The first-order chi connectivity index (χ1) is 4.24. The number of rotatable bonds is 1. The lowest BCUT2D eigenvalue weighted by Gasteiger charge is -1.92. The zero-order valence-electron chi connectivity index (χ0n) is 5.82. The van der Waals surface area contributed by atoms with Gasteiger partial charge >= 0.3 is 0 Å². The topological polar surface area (TPSA) is 12.0 Å². The Bertz CT molecular complexity index is 170. The van der Waals surface area contributed by atoms with Gasteiger partial charge in [-0.2, -0.15) is 0 Å². The van der Waals surface area contributed by atoms with Crippen molar-refractivity contribution < 1.29 is 0 Å². The van der Waals surface area contributed by atoms with Gasteiger partial charge in [-0.15, -0.1) is 0 Å². The third kappa shape index (κ3) is 1.30. The fraction of sp³-hybridized carbons (Fsp3) is 0.429. The van der Waals surface area contributed by atoms with Crippen LogP contribution >= 0.6 is 11.8 Å². The van der Waals surface area contributed by atoms with E-state index in [4.69, 9.17) is 0 Å². The summed E-state index contributed by atoms with van der Waals surface area (Å²) in [6.07, 6.45) is 1.11. The number of thioether (sulfide) groups is 1. The minimum atomic E-state index is 1.06. The smallest absolute Gasteiger partial charge is 0.0695 e. The van der Waals surface area contributed by atoms with Crippen molar-refractivity contribution in [2.75, 3.05) is 0 Å². The maximum Gasteiger partial charge on any atom is 0.0695 e. The molecule has 0 atom stereocenters. The Kier molecular flexibility index (Phi) is 1.86. The fourth-order valence-corrected chi connectivity index (χ4v) is 1.72. The van der Waals surface area contributed by atoms with Crippen molar-refractivity contribution >= 4 is 11.8 Å². The molecule has 0 saturated heterocycles. The molecule has 50 valence electrons. The Morgan fingerprint density at radius 2 is 2.33 bits per heavy atom. The lowest BCUT2D eigenvalue weighted by Crippen LogP contribution is -1.99. The molecule has 0 aliphatic carbocycles. The summed E-state index contributed by atoms with van der Waals surface area (Å²) < 4.78 is 0. The molecule has 0 saturated carbocycles. The molecule has 1 nitrogen and oxygen atoms in total. The van der Waals surface area contributed by atoms with Crippen molar-refractivity contribution in [1.29, 1.82) is 0 Å². The summed E-state index contributed by atoms with van der Waals surface area (Å²) in [6.45, 7) is 8.06. The normalized spacial score (nSPS) is 18.7. The number of allylic oxidation sites excluding steroid dienone is 2. The van der Waals surface area contributed by atoms with E-state index in [9.17, 15) is 0 Å². The number of hydrogen-bond donors (Lipinski definition) is 1. The van der Waals surface area contributed by atoms with Crippen LogP contribution in [0.25, 0.3) is 0 Å². The Morgan fingerprint density at radius 1 is 1.67 bits per heavy atom. The molecule has 1 aliphatic rings. The van der Waals surface area contributed by atoms with Crippen molar-refractivity contribution in [1.82, 2.24) is 5.32 Å². The molecule has 9 heavy (non-hydrogen) atoms. The Hall–Kier alpha value is -0.370. The summed E-state index contributed by atoms with van der Waals surface area (Å²) in [6, 6.07) is 0. The van der Waals surface area contributed by atoms with Crippen LogP contribution in [0.15, 0.2) is 22.2 Å². The molecule has 0 aromatic rings. The van der Waals surface area contributed by atoms with Gasteiger partial charge in [-0.3, -0.25) is 0 Å². The van der Waals surface area contributed by atoms with Crippen molar-refractivity contribution in [3.63, 3.8) is 0 Å². The minimum absolute atomic E-state index is 1.06. The molecule has 0 bridgehead atoms. The molecule has 0 aromatic carbocycles. The SMILES string of the molecule is C=C1NC(C)=C(CC)S1. The molecule has 0 unspecified atom stereocenters. The first-order valence-electron chi connectivity index (χ1n) is 3.07. The maximum absolute atomic E-state index is 3.81. The highest BCUT2D eigenvalue weighted by molar-refractivity contribution is 8.06. The van der Waals surface area contributed by atoms with E-state index in [0.29, 0.717) is 0 Å². The van der Waals surface area contributed by atoms with E-state index in [2.05, 4.69) is 25.7 Å². The third-order valence-electron chi connectivity index (χ3n) is 1.31. The van der Waals surface area contributed by atoms with E-state index in [-0.39, 0.29) is 0 Å². The minimum Gasteiger partial charge on any atom is -0.353 e. The van der Waals surface area contributed by atoms with Crippen LogP contribution in [-0.4, -0.2) is 0 Å². The van der Waals surface area contributed by atoms with E-state index in [0.717, 1.165) is 11.4 Å². The first-order valence-corrected chi connectivity index (χ1v) is 3.89. The van der Waals surface area contributed by atoms with Gasteiger partial charge in [0, 0.05) is 10.6 Å². The molecule has 0 spiro atoms. The second kappa shape index (κ2) is 2.48. The molecule has 0 radical (unpaired) electrons. The second-order valence-electron chi connectivity index (χ2n) is 2.05. The fourth-order valence-electron chi connectivity index (χ4n) is 0.867. The van der Waals surface area contributed by atoms with Crippen LogP contribution in [0, 0.1) is 0 Å². The van der Waals surface area contributed by atoms with Crippen LogP contribution in [0.1, 0.15) is 20.3 Å². The van der Waals surface area contributed by atoms with Gasteiger partial charge in [0.15, 0.2) is 0 Å². The molecular weight excluding hydrogens is 130 g/mol. The first kappa shape index (κ1) is 6.75. The monoisotopic (exact) mass is 141 g/mol. The second-order valence-corrected chi connectivity index (χ2v) is 3.24. The molecular formula is C7H11NS. The average molecular weight is 141 g/mol. The lowest BCUT2D eigenvalue weighted by molar-refractivity contribution is 1.03. The van der Waals surface area contributed by atoms with E-state index < -0.39 is 0 Å². The molecule has 0 fully saturated rings. The van der Waals surface area contributed by atoms with Gasteiger partial charge in [-0.05, 0) is 13.3 Å².